The summed E-state index contributed by atoms with van der Waals surface area (Å²) in [5, 5.41) is 3.06. The highest BCUT2D eigenvalue weighted by atomic mass is 127. The van der Waals surface area contributed by atoms with Crippen LogP contribution >= 0.6 is 34.4 Å². The summed E-state index contributed by atoms with van der Waals surface area (Å²) in [7, 11) is 0. The highest BCUT2D eigenvalue weighted by Gasteiger charge is 2.30. The second-order valence-electron chi connectivity index (χ2n) is 6.26. The van der Waals surface area contributed by atoms with Gasteiger partial charge in [0.05, 0.1) is 11.4 Å². The molecule has 1 N–H and O–H groups in total. The Morgan fingerprint density at radius 1 is 1.44 bits per heavy atom. The number of nitrogens with one attached hydrogen (secondary N) is 1. The number of hydrogen-bond acceptors (Lipinski definition) is 2. The zero-order valence-electron chi connectivity index (χ0n) is 14.8. The Bertz CT molecular complexity index is 588. The van der Waals surface area contributed by atoms with E-state index in [0.717, 1.165) is 17.3 Å². The Morgan fingerprint density at radius 3 is 2.60 bits per heavy atom. The summed E-state index contributed by atoms with van der Waals surface area (Å²) in [5.41, 5.74) is 1.34. The molecule has 7 heteroatoms. The third-order valence-corrected chi connectivity index (χ3v) is 6.87. The second kappa shape index (κ2) is 10.0. The van der Waals surface area contributed by atoms with Gasteiger partial charge in [0, 0.05) is 13.0 Å². The molecule has 1 aliphatic carbocycles. The van der Waals surface area contributed by atoms with Crippen LogP contribution in [0.1, 0.15) is 34.1 Å². The molecule has 1 aliphatic rings. The number of rotatable bonds is 7. The van der Waals surface area contributed by atoms with Gasteiger partial charge in [0.15, 0.2) is 0 Å². The Hall–Kier alpha value is -0.440. The molecule has 0 aromatic heterocycles. The molecular formula is C18H24F4INS. The molecule has 25 heavy (non-hydrogen) atoms. The van der Waals surface area contributed by atoms with E-state index < -0.39 is 11.9 Å². The second-order valence-corrected chi connectivity index (χ2v) is 8.47. The zero-order chi connectivity index (χ0) is 19.2. The van der Waals surface area contributed by atoms with Crippen LogP contribution < -0.4 is 5.32 Å². The quantitative estimate of drug-likeness (QED) is 0.237. The molecule has 0 amide bonds. The molecule has 1 nitrogen and oxygen atoms in total. The summed E-state index contributed by atoms with van der Waals surface area (Å²) in [6.07, 6.45) is 1.32. The first-order valence-electron chi connectivity index (χ1n) is 8.10. The lowest BCUT2D eigenvalue weighted by molar-refractivity contribution is -0.105. The van der Waals surface area contributed by atoms with E-state index >= 15 is 0 Å². The number of alkyl halides is 3. The monoisotopic (exact) mass is 489 g/mol. The molecule has 0 heterocycles. The molecule has 0 aliphatic heterocycles. The Morgan fingerprint density at radius 2 is 2.08 bits per heavy atom. The van der Waals surface area contributed by atoms with E-state index in [-0.39, 0.29) is 23.9 Å². The summed E-state index contributed by atoms with van der Waals surface area (Å²) in [5.74, 6) is -1.14. The van der Waals surface area contributed by atoms with Crippen LogP contribution in [0, 0.1) is 11.8 Å². The van der Waals surface area contributed by atoms with E-state index in [1.54, 1.807) is 6.92 Å². The van der Waals surface area contributed by atoms with Crippen LogP contribution in [0.4, 0.5) is 17.6 Å². The fraction of sp³-hybridized carbons (Fsp3) is 0.556. The van der Waals surface area contributed by atoms with Crippen molar-refractivity contribution in [3.63, 3.8) is 0 Å². The maximum Gasteiger partial charge on any atom is 0.398 e. The molecule has 1 unspecified atom stereocenters. The lowest BCUT2D eigenvalue weighted by Crippen LogP contribution is -2.21. The van der Waals surface area contributed by atoms with Gasteiger partial charge in [-0.2, -0.15) is 13.2 Å². The molecule has 0 spiro atoms. The fourth-order valence-corrected chi connectivity index (χ4v) is 3.59. The van der Waals surface area contributed by atoms with Crippen molar-refractivity contribution in [2.45, 2.75) is 40.3 Å². The predicted octanol–water partition coefficient (Wildman–Crippen LogP) is 6.90. The summed E-state index contributed by atoms with van der Waals surface area (Å²) in [6, 6.07) is 0. The number of allylic oxidation sites excluding steroid dienone is 5. The van der Waals surface area contributed by atoms with Crippen LogP contribution in [0.2, 0.25) is 0 Å². The molecule has 0 saturated carbocycles. The maximum absolute atomic E-state index is 14.2. The van der Waals surface area contributed by atoms with Gasteiger partial charge in [0.2, 0.25) is 0 Å². The van der Waals surface area contributed by atoms with Gasteiger partial charge in [-0.05, 0) is 61.5 Å². The van der Waals surface area contributed by atoms with Crippen LogP contribution in [0.15, 0.2) is 43.8 Å². The third-order valence-electron chi connectivity index (χ3n) is 3.60. The van der Waals surface area contributed by atoms with Crippen molar-refractivity contribution < 1.29 is 17.6 Å². The zero-order valence-corrected chi connectivity index (χ0v) is 17.8. The minimum Gasteiger partial charge on any atom is -0.379 e. The van der Waals surface area contributed by atoms with E-state index in [1.807, 2.05) is 19.1 Å². The van der Waals surface area contributed by atoms with E-state index in [0.29, 0.717) is 17.4 Å². The van der Waals surface area contributed by atoms with Gasteiger partial charge in [-0.15, -0.1) is 11.8 Å². The van der Waals surface area contributed by atoms with Gasteiger partial charge >= 0.3 is 6.18 Å². The maximum atomic E-state index is 14.2. The minimum atomic E-state index is -4.23. The van der Waals surface area contributed by atoms with E-state index in [4.69, 9.17) is 0 Å². The van der Waals surface area contributed by atoms with Gasteiger partial charge < -0.3 is 5.32 Å². The van der Waals surface area contributed by atoms with Crippen LogP contribution in [0.3, 0.4) is 0 Å². The molecule has 0 aromatic rings. The molecule has 0 radical (unpaired) electrons. The summed E-state index contributed by atoms with van der Waals surface area (Å²) < 4.78 is 52.8. The lowest BCUT2D eigenvalue weighted by atomic mass is 10.00. The Kier molecular flexibility index (Phi) is 9.08. The predicted molar refractivity (Wildman–Crippen MR) is 107 cm³/mol. The SMILES string of the molecule is C/C=C\C(CNC1=C(F)CC(C)C(SCC(F)(F)F)=C1)=C(\I)C(C)C. The van der Waals surface area contributed by atoms with Crippen molar-refractivity contribution in [2.24, 2.45) is 11.8 Å². The number of halogens is 5. The first-order chi connectivity index (χ1) is 11.5. The van der Waals surface area contributed by atoms with Gasteiger partial charge in [-0.1, -0.05) is 32.9 Å². The highest BCUT2D eigenvalue weighted by molar-refractivity contribution is 14.1. The van der Waals surface area contributed by atoms with Crippen molar-refractivity contribution in [2.75, 3.05) is 12.3 Å². The molecule has 0 aromatic carbocycles. The van der Waals surface area contributed by atoms with E-state index in [9.17, 15) is 17.6 Å². The molecule has 0 fully saturated rings. The van der Waals surface area contributed by atoms with Crippen molar-refractivity contribution in [1.82, 2.24) is 5.32 Å². The standard InChI is InChI=1S/C18H24F4INS/c1-5-6-13(17(23)11(2)3)9-24-15-8-16(12(4)7-14(15)19)25-10-18(20,21)22/h5-6,8,11-12,24H,7,9-10H2,1-4H3/b6-5-,17-13-. The van der Waals surface area contributed by atoms with Gasteiger partial charge in [-0.25, -0.2) is 4.39 Å². The normalized spacial score (nSPS) is 20.2. The average Bonchev–Trinajstić information content (AvgIpc) is 2.50. The molecule has 0 bridgehead atoms. The number of thioether (sulfide) groups is 1. The van der Waals surface area contributed by atoms with Crippen LogP contribution in [0.25, 0.3) is 0 Å². The van der Waals surface area contributed by atoms with Gasteiger partial charge in [0.25, 0.3) is 0 Å². The summed E-state index contributed by atoms with van der Waals surface area (Å²) >= 11 is 3.02. The third kappa shape index (κ3) is 7.76. The number of hydrogen-bond donors (Lipinski definition) is 1. The topological polar surface area (TPSA) is 12.0 Å². The molecule has 1 atom stereocenters. The summed E-state index contributed by atoms with van der Waals surface area (Å²) in [4.78, 5) is 0.566. The van der Waals surface area contributed by atoms with Crippen molar-refractivity contribution >= 4 is 34.4 Å². The van der Waals surface area contributed by atoms with Gasteiger partial charge in [-0.3, -0.25) is 0 Å². The van der Waals surface area contributed by atoms with E-state index in [1.165, 1.54) is 9.66 Å². The minimum absolute atomic E-state index is 0.128. The Balaban J connectivity index is 2.90. The van der Waals surface area contributed by atoms with Crippen molar-refractivity contribution in [3.05, 3.63) is 43.8 Å². The van der Waals surface area contributed by atoms with Crippen molar-refractivity contribution in [1.29, 1.82) is 0 Å². The summed E-state index contributed by atoms with van der Waals surface area (Å²) in [6.45, 7) is 8.26. The fourth-order valence-electron chi connectivity index (χ4n) is 2.32. The molecule has 142 valence electrons. The largest absolute Gasteiger partial charge is 0.398 e. The van der Waals surface area contributed by atoms with Gasteiger partial charge in [0.1, 0.15) is 5.83 Å². The molecule has 1 rings (SSSR count). The smallest absolute Gasteiger partial charge is 0.379 e. The van der Waals surface area contributed by atoms with E-state index in [2.05, 4.69) is 41.8 Å². The van der Waals surface area contributed by atoms with Crippen molar-refractivity contribution in [3.8, 4) is 0 Å². The first kappa shape index (κ1) is 22.6. The van der Waals surface area contributed by atoms with Crippen LogP contribution in [-0.2, 0) is 0 Å². The van der Waals surface area contributed by atoms with Crippen LogP contribution in [-0.4, -0.2) is 18.5 Å². The average molecular weight is 489 g/mol. The first-order valence-corrected chi connectivity index (χ1v) is 10.2. The molecule has 0 saturated heterocycles. The molecular weight excluding hydrogens is 465 g/mol. The Labute approximate surface area is 165 Å². The van der Waals surface area contributed by atoms with Crippen LogP contribution in [0.5, 0.6) is 0 Å². The lowest BCUT2D eigenvalue weighted by Gasteiger charge is -2.23. The highest BCUT2D eigenvalue weighted by Crippen LogP contribution is 2.38.